The van der Waals surface area contributed by atoms with Gasteiger partial charge in [-0.15, -0.1) is 11.3 Å². The minimum atomic E-state index is -0.0558. The van der Waals surface area contributed by atoms with Crippen LogP contribution < -0.4 is 21.3 Å². The molecule has 1 aromatic carbocycles. The molecule has 2 aliphatic carbocycles. The van der Waals surface area contributed by atoms with Crippen molar-refractivity contribution in [3.63, 3.8) is 0 Å². The average Bonchev–Trinajstić information content (AvgIpc) is 3.88. The van der Waals surface area contributed by atoms with E-state index in [1.165, 1.54) is 6.21 Å². The molecule has 11 nitrogen and oxygen atoms in total. The third-order valence-electron chi connectivity index (χ3n) is 7.24. The molecule has 210 valence electrons. The zero-order valence-electron chi connectivity index (χ0n) is 22.3. The summed E-state index contributed by atoms with van der Waals surface area (Å²) >= 11 is 1.59. The monoisotopic (exact) mass is 562 g/mol. The van der Waals surface area contributed by atoms with Gasteiger partial charge in [0.2, 0.25) is 11.8 Å². The molecule has 2 amide bonds. The van der Waals surface area contributed by atoms with Crippen molar-refractivity contribution in [3.05, 3.63) is 34.7 Å². The van der Waals surface area contributed by atoms with Crippen LogP contribution in [0.2, 0.25) is 0 Å². The van der Waals surface area contributed by atoms with E-state index in [-0.39, 0.29) is 37.0 Å². The van der Waals surface area contributed by atoms with E-state index in [2.05, 4.69) is 15.5 Å². The maximum atomic E-state index is 12.7. The van der Waals surface area contributed by atoms with E-state index < -0.39 is 0 Å². The summed E-state index contributed by atoms with van der Waals surface area (Å²) in [6, 6.07) is 8.04. The Balaban J connectivity index is 1.33. The molecular weight excluding hydrogens is 528 g/mol. The van der Waals surface area contributed by atoms with E-state index in [0.29, 0.717) is 55.5 Å². The van der Waals surface area contributed by atoms with Gasteiger partial charge in [0.1, 0.15) is 0 Å². The van der Waals surface area contributed by atoms with Crippen molar-refractivity contribution in [2.45, 2.75) is 44.3 Å². The molecule has 3 fully saturated rings. The van der Waals surface area contributed by atoms with Crippen molar-refractivity contribution >= 4 is 51.1 Å². The molecule has 0 unspecified atom stereocenters. The number of aromatic nitrogens is 2. The van der Waals surface area contributed by atoms with Crippen LogP contribution in [0.3, 0.4) is 0 Å². The number of thiophene rings is 1. The van der Waals surface area contributed by atoms with Crippen LogP contribution in [0.25, 0.3) is 21.6 Å². The quantitative estimate of drug-likeness (QED) is 0.205. The van der Waals surface area contributed by atoms with Crippen molar-refractivity contribution in [2.75, 3.05) is 50.0 Å². The maximum Gasteiger partial charge on any atom is 0.234 e. The SMILES string of the molecule is N=Cc1c(N)cccc1-c1nc(N2CCOCC2)c2sc(CN(CC(=O)NC3CC3)CC(=O)NC3CC3)cc2n1. The van der Waals surface area contributed by atoms with Crippen LogP contribution in [-0.2, 0) is 20.9 Å². The summed E-state index contributed by atoms with van der Waals surface area (Å²) in [7, 11) is 0. The van der Waals surface area contributed by atoms with Gasteiger partial charge in [0.15, 0.2) is 11.6 Å². The average molecular weight is 563 g/mol. The van der Waals surface area contributed by atoms with Crippen LogP contribution in [0.5, 0.6) is 0 Å². The molecule has 40 heavy (non-hydrogen) atoms. The molecule has 5 N–H and O–H groups in total. The molecule has 0 spiro atoms. The van der Waals surface area contributed by atoms with Gasteiger partial charge < -0.3 is 31.4 Å². The molecule has 12 heteroatoms. The molecule has 0 radical (unpaired) electrons. The minimum absolute atomic E-state index is 0.0558. The number of morpholine rings is 1. The Labute approximate surface area is 236 Å². The number of carbonyl (C=O) groups excluding carboxylic acids is 2. The first-order valence-corrected chi connectivity index (χ1v) is 14.6. The lowest BCUT2D eigenvalue weighted by Crippen LogP contribution is -2.43. The number of rotatable bonds is 11. The zero-order chi connectivity index (χ0) is 27.6. The number of nitrogens with one attached hydrogen (secondary N) is 3. The molecule has 3 aromatic rings. The number of carbonyl (C=O) groups is 2. The highest BCUT2D eigenvalue weighted by molar-refractivity contribution is 7.19. The number of hydrogen-bond donors (Lipinski definition) is 4. The van der Waals surface area contributed by atoms with Crippen LogP contribution in [0.4, 0.5) is 11.5 Å². The van der Waals surface area contributed by atoms with Crippen molar-refractivity contribution in [3.8, 4) is 11.4 Å². The minimum Gasteiger partial charge on any atom is -0.398 e. The Bertz CT molecular complexity index is 1400. The Morgan fingerprint density at radius 2 is 1.77 bits per heavy atom. The number of nitrogens with zero attached hydrogens (tertiary/aromatic N) is 4. The maximum absolute atomic E-state index is 12.7. The van der Waals surface area contributed by atoms with Crippen molar-refractivity contribution in [2.24, 2.45) is 0 Å². The van der Waals surface area contributed by atoms with Gasteiger partial charge in [-0.25, -0.2) is 9.97 Å². The Morgan fingerprint density at radius 1 is 1.10 bits per heavy atom. The van der Waals surface area contributed by atoms with Crippen molar-refractivity contribution in [1.29, 1.82) is 5.41 Å². The normalized spacial score (nSPS) is 17.3. The number of nitrogen functional groups attached to an aromatic ring is 1. The van der Waals surface area contributed by atoms with Gasteiger partial charge in [-0.05, 0) is 37.8 Å². The van der Waals surface area contributed by atoms with Crippen LogP contribution in [0.15, 0.2) is 24.3 Å². The summed E-state index contributed by atoms with van der Waals surface area (Å²) in [5.41, 5.74) is 8.74. The summed E-state index contributed by atoms with van der Waals surface area (Å²) in [6.07, 6.45) is 5.30. The van der Waals surface area contributed by atoms with Gasteiger partial charge in [0.05, 0.1) is 36.5 Å². The van der Waals surface area contributed by atoms with Gasteiger partial charge in [-0.1, -0.05) is 12.1 Å². The molecule has 2 saturated carbocycles. The van der Waals surface area contributed by atoms with Crippen molar-refractivity contribution in [1.82, 2.24) is 25.5 Å². The van der Waals surface area contributed by atoms with Gasteiger partial charge in [0.25, 0.3) is 0 Å². The third kappa shape index (κ3) is 6.24. The van der Waals surface area contributed by atoms with E-state index in [1.807, 2.05) is 23.1 Å². The lowest BCUT2D eigenvalue weighted by molar-refractivity contribution is -0.125. The zero-order valence-corrected chi connectivity index (χ0v) is 23.1. The Morgan fingerprint density at radius 3 is 2.40 bits per heavy atom. The van der Waals surface area contributed by atoms with E-state index in [9.17, 15) is 9.59 Å². The van der Waals surface area contributed by atoms with Crippen LogP contribution in [-0.4, -0.2) is 84.4 Å². The number of benzene rings is 1. The molecule has 0 atom stereocenters. The van der Waals surface area contributed by atoms with E-state index in [0.717, 1.165) is 46.6 Å². The number of amides is 2. The smallest absolute Gasteiger partial charge is 0.234 e. The summed E-state index contributed by atoms with van der Waals surface area (Å²) in [5.74, 6) is 1.22. The van der Waals surface area contributed by atoms with E-state index in [4.69, 9.17) is 25.8 Å². The first kappa shape index (κ1) is 26.6. The first-order valence-electron chi connectivity index (χ1n) is 13.8. The third-order valence-corrected chi connectivity index (χ3v) is 8.34. The second-order valence-corrected chi connectivity index (χ2v) is 11.8. The number of fused-ring (bicyclic) bond motifs is 1. The van der Waals surface area contributed by atoms with Crippen LogP contribution in [0.1, 0.15) is 36.1 Å². The highest BCUT2D eigenvalue weighted by Gasteiger charge is 2.28. The number of hydrogen-bond acceptors (Lipinski definition) is 10. The van der Waals surface area contributed by atoms with Crippen LogP contribution in [0, 0.1) is 5.41 Å². The lowest BCUT2D eigenvalue weighted by atomic mass is 10.1. The molecule has 3 heterocycles. The highest BCUT2D eigenvalue weighted by Crippen LogP contribution is 2.36. The molecule has 1 saturated heterocycles. The predicted octanol–water partition coefficient (Wildman–Crippen LogP) is 2.13. The summed E-state index contributed by atoms with van der Waals surface area (Å²) in [6.45, 7) is 3.40. The van der Waals surface area contributed by atoms with Gasteiger partial charge in [0, 0.05) is 59.6 Å². The van der Waals surface area contributed by atoms with Gasteiger partial charge >= 0.3 is 0 Å². The molecule has 1 aliphatic heterocycles. The fraction of sp³-hybridized carbons (Fsp3) is 0.464. The lowest BCUT2D eigenvalue weighted by Gasteiger charge is -2.28. The Hall–Kier alpha value is -3.61. The number of anilines is 2. The second kappa shape index (κ2) is 11.5. The number of ether oxygens (including phenoxy) is 1. The molecule has 3 aliphatic rings. The largest absolute Gasteiger partial charge is 0.398 e. The highest BCUT2D eigenvalue weighted by atomic mass is 32.1. The predicted molar refractivity (Wildman–Crippen MR) is 156 cm³/mol. The van der Waals surface area contributed by atoms with Gasteiger partial charge in [-0.2, -0.15) is 0 Å². The van der Waals surface area contributed by atoms with E-state index >= 15 is 0 Å². The van der Waals surface area contributed by atoms with Crippen molar-refractivity contribution < 1.29 is 14.3 Å². The van der Waals surface area contributed by atoms with Gasteiger partial charge in [-0.3, -0.25) is 14.5 Å². The summed E-state index contributed by atoms with van der Waals surface area (Å²) in [5, 5.41) is 14.0. The molecule has 6 rings (SSSR count). The van der Waals surface area contributed by atoms with Crippen LogP contribution >= 0.6 is 11.3 Å². The molecule has 2 aromatic heterocycles. The fourth-order valence-corrected chi connectivity index (χ4v) is 6.04. The summed E-state index contributed by atoms with van der Waals surface area (Å²) < 4.78 is 6.54. The molecular formula is C28H34N8O3S. The standard InChI is InChI=1S/C28H34N8O3S/c29-13-21-20(2-1-3-22(21)30)27-33-23-12-19(40-26(23)28(34-27)36-8-10-39-11-9-36)14-35(15-24(37)31-17-4-5-17)16-25(38)32-18-6-7-18/h1-3,12-13,17-18,29H,4-11,14-16,30H2,(H,31,37)(H,32,38). The van der Waals surface area contributed by atoms with E-state index in [1.54, 1.807) is 17.4 Å². The second-order valence-electron chi connectivity index (χ2n) is 10.7. The fourth-order valence-electron chi connectivity index (χ4n) is 4.89. The summed E-state index contributed by atoms with van der Waals surface area (Å²) in [4.78, 5) is 40.3. The number of nitrogens with two attached hydrogens (primary N) is 1. The topological polar surface area (TPSA) is 150 Å². The first-order chi connectivity index (χ1) is 19.5. The molecule has 0 bridgehead atoms. The Kier molecular flexibility index (Phi) is 7.63.